The van der Waals surface area contributed by atoms with E-state index in [9.17, 15) is 13.6 Å². The van der Waals surface area contributed by atoms with Crippen molar-refractivity contribution in [2.45, 2.75) is 18.3 Å². The number of H-pyrrole nitrogens is 1. The smallest absolute Gasteiger partial charge is 0.235 e. The number of benzene rings is 2. The van der Waals surface area contributed by atoms with Gasteiger partial charge >= 0.3 is 0 Å². The molecule has 0 bridgehead atoms. The van der Waals surface area contributed by atoms with Gasteiger partial charge in [-0.25, -0.2) is 8.78 Å². The Balaban J connectivity index is 1.70. The summed E-state index contributed by atoms with van der Waals surface area (Å²) in [5.41, 5.74) is 0.999. The molecule has 0 spiro atoms. The Morgan fingerprint density at radius 2 is 1.91 bits per heavy atom. The molecule has 0 saturated heterocycles. The molecule has 5 heteroatoms. The van der Waals surface area contributed by atoms with Gasteiger partial charge in [0.05, 0.1) is 11.1 Å². The summed E-state index contributed by atoms with van der Waals surface area (Å²) in [5.74, 6) is -1.02. The molecule has 1 aliphatic rings. The summed E-state index contributed by atoms with van der Waals surface area (Å²) >= 11 is 0. The zero-order valence-corrected chi connectivity index (χ0v) is 12.2. The molecule has 0 atom stereocenters. The first-order valence-electron chi connectivity index (χ1n) is 7.43. The minimum Gasteiger partial charge on any atom is -0.361 e. The lowest BCUT2D eigenvalue weighted by Crippen LogP contribution is -2.28. The van der Waals surface area contributed by atoms with Crippen LogP contribution in [0, 0.1) is 11.6 Å². The number of hydrogen-bond donors (Lipinski definition) is 2. The highest BCUT2D eigenvalue weighted by atomic mass is 19.1. The molecule has 2 aromatic carbocycles. The van der Waals surface area contributed by atoms with Crippen LogP contribution in [0.1, 0.15) is 18.4 Å². The van der Waals surface area contributed by atoms with Gasteiger partial charge in [0.25, 0.3) is 0 Å². The van der Waals surface area contributed by atoms with Crippen LogP contribution in [0.3, 0.4) is 0 Å². The molecule has 1 fully saturated rings. The first-order chi connectivity index (χ1) is 11.1. The van der Waals surface area contributed by atoms with Crippen LogP contribution in [0.2, 0.25) is 0 Å². The van der Waals surface area contributed by atoms with Gasteiger partial charge in [0.1, 0.15) is 11.6 Å². The van der Waals surface area contributed by atoms with Crippen molar-refractivity contribution in [1.82, 2.24) is 4.98 Å². The van der Waals surface area contributed by atoms with Crippen molar-refractivity contribution in [3.8, 4) is 0 Å². The second-order valence-electron chi connectivity index (χ2n) is 5.91. The number of amides is 1. The van der Waals surface area contributed by atoms with E-state index in [0.717, 1.165) is 10.9 Å². The third-order valence-corrected chi connectivity index (χ3v) is 4.47. The van der Waals surface area contributed by atoms with Gasteiger partial charge in [0.2, 0.25) is 5.91 Å². The standard InChI is InChI=1S/C18H14F2N2O/c19-11-5-6-12-13(10-21-16(12)9-11)18(7-8-18)17(23)22-15-4-2-1-3-14(15)20/h1-6,9-10,21H,7-8H2,(H,22,23). The molecule has 0 unspecified atom stereocenters. The summed E-state index contributed by atoms with van der Waals surface area (Å²) in [5, 5.41) is 3.50. The van der Waals surface area contributed by atoms with Crippen LogP contribution in [0.4, 0.5) is 14.5 Å². The molecule has 1 saturated carbocycles. The highest BCUT2D eigenvalue weighted by Crippen LogP contribution is 2.51. The Hall–Kier alpha value is -2.69. The molecule has 1 aliphatic carbocycles. The SMILES string of the molecule is O=C(Nc1ccccc1F)C1(c2c[nH]c3cc(F)ccc23)CC1. The lowest BCUT2D eigenvalue weighted by Gasteiger charge is -2.15. The van der Waals surface area contributed by atoms with Crippen molar-refractivity contribution < 1.29 is 13.6 Å². The molecule has 1 aromatic heterocycles. The van der Waals surface area contributed by atoms with Crippen LogP contribution < -0.4 is 5.32 Å². The van der Waals surface area contributed by atoms with Crippen molar-refractivity contribution in [3.63, 3.8) is 0 Å². The van der Waals surface area contributed by atoms with Crippen LogP contribution >= 0.6 is 0 Å². The number of nitrogens with one attached hydrogen (secondary N) is 2. The molecular weight excluding hydrogens is 298 g/mol. The van der Waals surface area contributed by atoms with E-state index in [1.807, 2.05) is 0 Å². The zero-order chi connectivity index (χ0) is 16.0. The van der Waals surface area contributed by atoms with Gasteiger partial charge in [-0.05, 0) is 48.7 Å². The van der Waals surface area contributed by atoms with E-state index in [1.54, 1.807) is 24.4 Å². The van der Waals surface area contributed by atoms with Gasteiger partial charge < -0.3 is 10.3 Å². The van der Waals surface area contributed by atoms with E-state index in [2.05, 4.69) is 10.3 Å². The number of hydrogen-bond acceptors (Lipinski definition) is 1. The number of carbonyl (C=O) groups excluding carboxylic acids is 1. The molecule has 2 N–H and O–H groups in total. The van der Waals surface area contributed by atoms with E-state index >= 15 is 0 Å². The molecule has 0 aliphatic heterocycles. The van der Waals surface area contributed by atoms with E-state index in [1.165, 1.54) is 24.3 Å². The number of rotatable bonds is 3. The Morgan fingerprint density at radius 1 is 1.13 bits per heavy atom. The third-order valence-electron chi connectivity index (χ3n) is 4.47. The first kappa shape index (κ1) is 13.9. The predicted molar refractivity (Wildman–Crippen MR) is 84.2 cm³/mol. The topological polar surface area (TPSA) is 44.9 Å². The Kier molecular flexibility index (Phi) is 2.98. The molecule has 3 nitrogen and oxygen atoms in total. The second-order valence-corrected chi connectivity index (χ2v) is 5.91. The van der Waals surface area contributed by atoms with Gasteiger partial charge in [-0.3, -0.25) is 4.79 Å². The van der Waals surface area contributed by atoms with Gasteiger partial charge in [0.15, 0.2) is 0 Å². The summed E-state index contributed by atoms with van der Waals surface area (Å²) < 4.78 is 27.0. The minimum absolute atomic E-state index is 0.176. The number of aromatic amines is 1. The monoisotopic (exact) mass is 312 g/mol. The first-order valence-corrected chi connectivity index (χ1v) is 7.43. The zero-order valence-electron chi connectivity index (χ0n) is 12.2. The third kappa shape index (κ3) is 2.20. The van der Waals surface area contributed by atoms with Crippen molar-refractivity contribution in [2.75, 3.05) is 5.32 Å². The van der Waals surface area contributed by atoms with Gasteiger partial charge in [-0.2, -0.15) is 0 Å². The molecular formula is C18H14F2N2O. The van der Waals surface area contributed by atoms with Crippen molar-refractivity contribution in [3.05, 3.63) is 65.9 Å². The van der Waals surface area contributed by atoms with Crippen LogP contribution in [0.5, 0.6) is 0 Å². The molecule has 0 radical (unpaired) electrons. The summed E-state index contributed by atoms with van der Waals surface area (Å²) in [4.78, 5) is 15.7. The fourth-order valence-electron chi connectivity index (χ4n) is 3.04. The maximum atomic E-state index is 13.7. The maximum Gasteiger partial charge on any atom is 0.235 e. The Bertz CT molecular complexity index is 912. The fourth-order valence-corrected chi connectivity index (χ4v) is 3.04. The molecule has 3 aromatic rings. The number of aromatic nitrogens is 1. The van der Waals surface area contributed by atoms with Crippen LogP contribution in [0.15, 0.2) is 48.7 Å². The fraction of sp³-hybridized carbons (Fsp3) is 0.167. The van der Waals surface area contributed by atoms with E-state index < -0.39 is 11.2 Å². The number of anilines is 1. The normalized spacial score (nSPS) is 15.6. The van der Waals surface area contributed by atoms with E-state index in [4.69, 9.17) is 0 Å². The Labute approximate surface area is 131 Å². The predicted octanol–water partition coefficient (Wildman–Crippen LogP) is 4.12. The average Bonchev–Trinajstić information content (AvgIpc) is 3.24. The van der Waals surface area contributed by atoms with Crippen molar-refractivity contribution in [2.24, 2.45) is 0 Å². The minimum atomic E-state index is -0.668. The van der Waals surface area contributed by atoms with Crippen molar-refractivity contribution in [1.29, 1.82) is 0 Å². The molecule has 116 valence electrons. The number of halogens is 2. The lowest BCUT2D eigenvalue weighted by atomic mass is 9.94. The molecule has 1 amide bonds. The van der Waals surface area contributed by atoms with Crippen LogP contribution in [-0.4, -0.2) is 10.9 Å². The second kappa shape index (κ2) is 4.91. The highest BCUT2D eigenvalue weighted by molar-refractivity contribution is 6.04. The van der Waals surface area contributed by atoms with Gasteiger partial charge in [-0.1, -0.05) is 12.1 Å². The summed E-state index contributed by atoms with van der Waals surface area (Å²) in [7, 11) is 0. The largest absolute Gasteiger partial charge is 0.361 e. The highest BCUT2D eigenvalue weighted by Gasteiger charge is 2.52. The van der Waals surface area contributed by atoms with Gasteiger partial charge in [-0.15, -0.1) is 0 Å². The lowest BCUT2D eigenvalue weighted by molar-refractivity contribution is -0.118. The number of fused-ring (bicyclic) bond motifs is 1. The molecule has 1 heterocycles. The van der Waals surface area contributed by atoms with E-state index in [0.29, 0.717) is 18.4 Å². The number of carbonyl (C=O) groups is 1. The molecule has 4 rings (SSSR count). The maximum absolute atomic E-state index is 13.7. The summed E-state index contributed by atoms with van der Waals surface area (Å²) in [6, 6.07) is 10.6. The molecule has 23 heavy (non-hydrogen) atoms. The Morgan fingerprint density at radius 3 is 2.65 bits per heavy atom. The van der Waals surface area contributed by atoms with Crippen molar-refractivity contribution >= 4 is 22.5 Å². The van der Waals surface area contributed by atoms with E-state index in [-0.39, 0.29) is 17.4 Å². The van der Waals surface area contributed by atoms with Crippen LogP contribution in [-0.2, 0) is 10.2 Å². The average molecular weight is 312 g/mol. The number of para-hydroxylation sites is 1. The summed E-state index contributed by atoms with van der Waals surface area (Å²) in [6.45, 7) is 0. The quantitative estimate of drug-likeness (QED) is 0.751. The summed E-state index contributed by atoms with van der Waals surface area (Å²) in [6.07, 6.45) is 3.13. The van der Waals surface area contributed by atoms with Crippen LogP contribution in [0.25, 0.3) is 10.9 Å². The van der Waals surface area contributed by atoms with Gasteiger partial charge in [0, 0.05) is 17.1 Å².